The third-order valence-electron chi connectivity index (χ3n) is 3.28. The van der Waals surface area contributed by atoms with E-state index in [4.69, 9.17) is 10.8 Å². The minimum atomic E-state index is -1.04. The normalized spacial score (nSPS) is 11.9. The molecule has 2 aromatic rings. The molecule has 1 atom stereocenters. The van der Waals surface area contributed by atoms with Gasteiger partial charge in [-0.2, -0.15) is 0 Å². The number of imide groups is 1. The number of rotatable bonds is 5. The number of nitrogens with one attached hydrogen (secondary N) is 1. The summed E-state index contributed by atoms with van der Waals surface area (Å²) in [5.74, 6) is -2.27. The van der Waals surface area contributed by atoms with Crippen LogP contribution in [0.5, 0.6) is 0 Å². The topological polar surface area (TPSA) is 109 Å². The molecule has 0 fully saturated rings. The van der Waals surface area contributed by atoms with Crippen LogP contribution in [0.3, 0.4) is 0 Å². The maximum absolute atomic E-state index is 12.2. The average molecular weight is 300 g/mol. The molecule has 6 heteroatoms. The van der Waals surface area contributed by atoms with Crippen molar-refractivity contribution >= 4 is 28.6 Å². The lowest BCUT2D eigenvalue weighted by Gasteiger charge is -2.11. The smallest absolute Gasteiger partial charge is 0.303 e. The molecule has 0 aliphatic heterocycles. The van der Waals surface area contributed by atoms with Crippen molar-refractivity contribution in [3.63, 3.8) is 0 Å². The van der Waals surface area contributed by atoms with Crippen molar-refractivity contribution in [3.05, 3.63) is 48.0 Å². The molecule has 0 aliphatic rings. The molecule has 0 spiro atoms. The Morgan fingerprint density at radius 3 is 2.50 bits per heavy atom. The third-order valence-corrected chi connectivity index (χ3v) is 3.28. The quantitative estimate of drug-likeness (QED) is 0.770. The fourth-order valence-electron chi connectivity index (χ4n) is 2.11. The standard InChI is InChI=1S/C16H16N2O4/c17-13(8-9-14(19)20)16(22)18-15(21)12-7-3-5-10-4-1-2-6-11(10)12/h1-7,13H,8-9,17H2,(H,19,20)(H,18,21,22)/t13-/m0/s1. The van der Waals surface area contributed by atoms with Crippen LogP contribution in [-0.4, -0.2) is 28.9 Å². The van der Waals surface area contributed by atoms with Crippen molar-refractivity contribution in [1.82, 2.24) is 5.32 Å². The number of hydrogen-bond donors (Lipinski definition) is 3. The minimum absolute atomic E-state index is 0.0238. The second kappa shape index (κ2) is 6.82. The van der Waals surface area contributed by atoms with Crippen LogP contribution in [0.2, 0.25) is 0 Å². The number of carbonyl (C=O) groups is 3. The third kappa shape index (κ3) is 3.67. The molecule has 2 aromatic carbocycles. The molecule has 2 amide bonds. The van der Waals surface area contributed by atoms with Crippen LogP contribution in [0.4, 0.5) is 0 Å². The Morgan fingerprint density at radius 1 is 1.09 bits per heavy atom. The first-order valence-corrected chi connectivity index (χ1v) is 6.79. The largest absolute Gasteiger partial charge is 0.481 e. The number of benzene rings is 2. The van der Waals surface area contributed by atoms with Gasteiger partial charge in [-0.3, -0.25) is 19.7 Å². The highest BCUT2D eigenvalue weighted by atomic mass is 16.4. The predicted octanol–water partition coefficient (Wildman–Crippen LogP) is 1.29. The van der Waals surface area contributed by atoms with Crippen LogP contribution >= 0.6 is 0 Å². The summed E-state index contributed by atoms with van der Waals surface area (Å²) in [4.78, 5) is 34.5. The Labute approximate surface area is 126 Å². The summed E-state index contributed by atoms with van der Waals surface area (Å²) in [5, 5.41) is 12.4. The molecular formula is C16H16N2O4. The number of carbonyl (C=O) groups excluding carboxylic acids is 2. The van der Waals surface area contributed by atoms with Crippen LogP contribution in [0.1, 0.15) is 23.2 Å². The summed E-state index contributed by atoms with van der Waals surface area (Å²) in [5.41, 5.74) is 5.95. The van der Waals surface area contributed by atoms with Gasteiger partial charge in [0, 0.05) is 12.0 Å². The SMILES string of the molecule is N[C@@H](CCC(=O)O)C(=O)NC(=O)c1cccc2ccccc12. The van der Waals surface area contributed by atoms with E-state index in [1.165, 1.54) is 0 Å². The molecule has 0 heterocycles. The van der Waals surface area contributed by atoms with Crippen molar-refractivity contribution in [2.24, 2.45) is 5.73 Å². The zero-order chi connectivity index (χ0) is 16.1. The van der Waals surface area contributed by atoms with Crippen LogP contribution in [0.25, 0.3) is 10.8 Å². The fraction of sp³-hybridized carbons (Fsp3) is 0.188. The predicted molar refractivity (Wildman–Crippen MR) is 81.3 cm³/mol. The summed E-state index contributed by atoms with van der Waals surface area (Å²) < 4.78 is 0. The minimum Gasteiger partial charge on any atom is -0.481 e. The Kier molecular flexibility index (Phi) is 4.85. The van der Waals surface area contributed by atoms with E-state index >= 15 is 0 Å². The summed E-state index contributed by atoms with van der Waals surface area (Å²) in [7, 11) is 0. The zero-order valence-corrected chi connectivity index (χ0v) is 11.8. The van der Waals surface area contributed by atoms with E-state index < -0.39 is 23.8 Å². The first-order chi connectivity index (χ1) is 10.5. The molecular weight excluding hydrogens is 284 g/mol. The lowest BCUT2D eigenvalue weighted by atomic mass is 10.0. The van der Waals surface area contributed by atoms with E-state index in [9.17, 15) is 14.4 Å². The molecule has 0 aromatic heterocycles. The Hall–Kier alpha value is -2.73. The van der Waals surface area contributed by atoms with E-state index in [-0.39, 0.29) is 12.8 Å². The van der Waals surface area contributed by atoms with Crippen LogP contribution in [-0.2, 0) is 9.59 Å². The second-order valence-electron chi connectivity index (χ2n) is 4.88. The van der Waals surface area contributed by atoms with Gasteiger partial charge in [0.15, 0.2) is 0 Å². The number of amides is 2. The van der Waals surface area contributed by atoms with Crippen LogP contribution in [0, 0.1) is 0 Å². The molecule has 0 saturated heterocycles. The first-order valence-electron chi connectivity index (χ1n) is 6.79. The summed E-state index contributed by atoms with van der Waals surface area (Å²) in [6, 6.07) is 11.5. The van der Waals surface area contributed by atoms with Crippen molar-refractivity contribution < 1.29 is 19.5 Å². The Morgan fingerprint density at radius 2 is 1.77 bits per heavy atom. The van der Waals surface area contributed by atoms with Crippen molar-refractivity contribution in [3.8, 4) is 0 Å². The molecule has 0 unspecified atom stereocenters. The first kappa shape index (κ1) is 15.7. The number of aliphatic carboxylic acids is 1. The summed E-state index contributed by atoms with van der Waals surface area (Å²) in [6.45, 7) is 0. The zero-order valence-electron chi connectivity index (χ0n) is 11.8. The van der Waals surface area contributed by atoms with Gasteiger partial charge >= 0.3 is 5.97 Å². The van der Waals surface area contributed by atoms with Crippen LogP contribution in [0.15, 0.2) is 42.5 Å². The molecule has 0 radical (unpaired) electrons. The molecule has 0 saturated carbocycles. The van der Waals surface area contributed by atoms with E-state index in [0.29, 0.717) is 5.56 Å². The molecule has 22 heavy (non-hydrogen) atoms. The molecule has 114 valence electrons. The monoisotopic (exact) mass is 300 g/mol. The van der Waals surface area contributed by atoms with E-state index in [2.05, 4.69) is 5.32 Å². The number of fused-ring (bicyclic) bond motifs is 1. The van der Waals surface area contributed by atoms with Crippen molar-refractivity contribution in [1.29, 1.82) is 0 Å². The van der Waals surface area contributed by atoms with Crippen molar-refractivity contribution in [2.45, 2.75) is 18.9 Å². The Balaban J connectivity index is 2.11. The second-order valence-corrected chi connectivity index (χ2v) is 4.88. The van der Waals surface area contributed by atoms with E-state index in [1.54, 1.807) is 24.3 Å². The highest BCUT2D eigenvalue weighted by Crippen LogP contribution is 2.18. The lowest BCUT2D eigenvalue weighted by molar-refractivity contribution is -0.137. The van der Waals surface area contributed by atoms with Gasteiger partial charge in [-0.25, -0.2) is 0 Å². The summed E-state index contributed by atoms with van der Waals surface area (Å²) in [6.07, 6.45) is -0.249. The van der Waals surface area contributed by atoms with Gasteiger partial charge in [-0.15, -0.1) is 0 Å². The number of carboxylic acids is 1. The average Bonchev–Trinajstić information content (AvgIpc) is 2.51. The highest BCUT2D eigenvalue weighted by molar-refractivity contribution is 6.12. The van der Waals surface area contributed by atoms with Crippen molar-refractivity contribution in [2.75, 3.05) is 0 Å². The van der Waals surface area contributed by atoms with Gasteiger partial charge < -0.3 is 10.8 Å². The number of hydrogen-bond acceptors (Lipinski definition) is 4. The molecule has 4 N–H and O–H groups in total. The van der Waals surface area contributed by atoms with Crippen LogP contribution < -0.4 is 11.1 Å². The summed E-state index contributed by atoms with van der Waals surface area (Å²) >= 11 is 0. The van der Waals surface area contributed by atoms with Gasteiger partial charge in [0.05, 0.1) is 6.04 Å². The van der Waals surface area contributed by atoms with E-state index in [1.807, 2.05) is 18.2 Å². The molecule has 0 bridgehead atoms. The molecule has 2 rings (SSSR count). The van der Waals surface area contributed by atoms with Gasteiger partial charge in [-0.05, 0) is 23.3 Å². The van der Waals surface area contributed by atoms with Gasteiger partial charge in [0.1, 0.15) is 0 Å². The maximum Gasteiger partial charge on any atom is 0.303 e. The maximum atomic E-state index is 12.2. The number of carboxylic acid groups (broad SMARTS) is 1. The van der Waals surface area contributed by atoms with Gasteiger partial charge in [-0.1, -0.05) is 36.4 Å². The van der Waals surface area contributed by atoms with Gasteiger partial charge in [0.25, 0.3) is 5.91 Å². The fourth-order valence-corrected chi connectivity index (χ4v) is 2.11. The Bertz CT molecular complexity index is 722. The molecule has 6 nitrogen and oxygen atoms in total. The van der Waals surface area contributed by atoms with Gasteiger partial charge in [0.2, 0.25) is 5.91 Å². The highest BCUT2D eigenvalue weighted by Gasteiger charge is 2.19. The lowest BCUT2D eigenvalue weighted by Crippen LogP contribution is -2.43. The number of nitrogens with two attached hydrogens (primary N) is 1. The molecule has 0 aliphatic carbocycles. The van der Waals surface area contributed by atoms with E-state index in [0.717, 1.165) is 10.8 Å².